The van der Waals surface area contributed by atoms with E-state index in [1.165, 1.54) is 0 Å². The van der Waals surface area contributed by atoms with Crippen LogP contribution in [0.2, 0.25) is 13.1 Å². The van der Waals surface area contributed by atoms with Gasteiger partial charge in [0.2, 0.25) is 9.04 Å². The molecule has 0 saturated carbocycles. The lowest BCUT2D eigenvalue weighted by molar-refractivity contribution is 0.564. The minimum Gasteiger partial charge on any atom is -0.547 e. The fourth-order valence-electron chi connectivity index (χ4n) is 2.01. The molecule has 2 aromatic rings. The third-order valence-electron chi connectivity index (χ3n) is 3.10. The van der Waals surface area contributed by atoms with Crippen molar-refractivity contribution in [1.82, 2.24) is 4.98 Å². The van der Waals surface area contributed by atoms with Crippen LogP contribution in [-0.4, -0.2) is 20.2 Å². The SMILES string of the molecule is Cc1ccc(C=NC(C)c2ccccc2O[SiH](C)C)nc1. The van der Waals surface area contributed by atoms with E-state index in [0.29, 0.717) is 0 Å². The second-order valence-electron chi connectivity index (χ2n) is 5.42. The van der Waals surface area contributed by atoms with Crippen LogP contribution in [0.4, 0.5) is 0 Å². The van der Waals surface area contributed by atoms with Crippen molar-refractivity contribution in [2.24, 2.45) is 4.99 Å². The van der Waals surface area contributed by atoms with Gasteiger partial charge >= 0.3 is 0 Å². The van der Waals surface area contributed by atoms with E-state index in [-0.39, 0.29) is 6.04 Å². The highest BCUT2D eigenvalue weighted by Crippen LogP contribution is 2.27. The molecular formula is C17H22N2OSi. The van der Waals surface area contributed by atoms with Crippen LogP contribution >= 0.6 is 0 Å². The van der Waals surface area contributed by atoms with E-state index in [2.05, 4.69) is 36.1 Å². The smallest absolute Gasteiger partial charge is 0.229 e. The topological polar surface area (TPSA) is 34.5 Å². The average Bonchev–Trinajstić information content (AvgIpc) is 2.46. The molecule has 0 aliphatic rings. The zero-order valence-electron chi connectivity index (χ0n) is 13.1. The van der Waals surface area contributed by atoms with Crippen molar-refractivity contribution in [2.75, 3.05) is 0 Å². The highest BCUT2D eigenvalue weighted by atomic mass is 28.3. The summed E-state index contributed by atoms with van der Waals surface area (Å²) in [6, 6.07) is 12.2. The number of hydrogen-bond donors (Lipinski definition) is 0. The molecule has 0 N–H and O–H groups in total. The minimum atomic E-state index is -1.12. The van der Waals surface area contributed by atoms with Gasteiger partial charge in [-0.25, -0.2) is 0 Å². The van der Waals surface area contributed by atoms with Crippen molar-refractivity contribution in [3.8, 4) is 5.75 Å². The molecule has 21 heavy (non-hydrogen) atoms. The van der Waals surface area contributed by atoms with Crippen molar-refractivity contribution in [3.05, 3.63) is 59.4 Å². The summed E-state index contributed by atoms with van der Waals surface area (Å²) in [5.41, 5.74) is 3.16. The number of pyridine rings is 1. The number of rotatable bonds is 5. The Morgan fingerprint density at radius 3 is 2.62 bits per heavy atom. The standard InChI is InChI=1S/C17H22N2OSi/c1-13-9-10-15(19-11-13)12-18-14(2)16-7-5-6-8-17(16)20-21(3)4/h5-12,14,21H,1-4H3. The van der Waals surface area contributed by atoms with Gasteiger partial charge in [-0.05, 0) is 44.6 Å². The van der Waals surface area contributed by atoms with E-state index in [1.807, 2.05) is 49.7 Å². The van der Waals surface area contributed by atoms with E-state index in [0.717, 1.165) is 22.6 Å². The molecule has 1 atom stereocenters. The fourth-order valence-corrected chi connectivity index (χ4v) is 2.73. The van der Waals surface area contributed by atoms with Crippen LogP contribution < -0.4 is 4.43 Å². The predicted octanol–water partition coefficient (Wildman–Crippen LogP) is 3.93. The van der Waals surface area contributed by atoms with Crippen molar-refractivity contribution in [3.63, 3.8) is 0 Å². The molecule has 0 spiro atoms. The van der Waals surface area contributed by atoms with Gasteiger partial charge in [0.25, 0.3) is 0 Å². The summed E-state index contributed by atoms with van der Waals surface area (Å²) in [6.07, 6.45) is 3.68. The third-order valence-corrected chi connectivity index (χ3v) is 3.82. The number of aromatic nitrogens is 1. The molecule has 1 aromatic carbocycles. The van der Waals surface area contributed by atoms with Crippen LogP contribution in [0.15, 0.2) is 47.6 Å². The Kier molecular flexibility index (Phi) is 5.28. The molecule has 2 rings (SSSR count). The van der Waals surface area contributed by atoms with Gasteiger partial charge in [0.15, 0.2) is 0 Å². The van der Waals surface area contributed by atoms with Crippen LogP contribution in [0.25, 0.3) is 0 Å². The Balaban J connectivity index is 2.16. The molecule has 1 heterocycles. The Hall–Kier alpha value is -1.94. The molecule has 0 radical (unpaired) electrons. The van der Waals surface area contributed by atoms with Crippen molar-refractivity contribution in [1.29, 1.82) is 0 Å². The second-order valence-corrected chi connectivity index (χ2v) is 7.75. The number of aryl methyl sites for hydroxylation is 1. The lowest BCUT2D eigenvalue weighted by Gasteiger charge is -2.16. The molecule has 1 unspecified atom stereocenters. The zero-order valence-corrected chi connectivity index (χ0v) is 14.2. The molecule has 0 bridgehead atoms. The molecule has 0 aliphatic heterocycles. The maximum Gasteiger partial charge on any atom is 0.229 e. The van der Waals surface area contributed by atoms with Gasteiger partial charge in [0.05, 0.1) is 11.7 Å². The van der Waals surface area contributed by atoms with Gasteiger partial charge in [-0.1, -0.05) is 24.3 Å². The Bertz CT molecular complexity index is 608. The number of para-hydroxylation sites is 1. The van der Waals surface area contributed by atoms with Crippen LogP contribution in [0, 0.1) is 6.92 Å². The van der Waals surface area contributed by atoms with Crippen LogP contribution in [-0.2, 0) is 0 Å². The Morgan fingerprint density at radius 1 is 1.19 bits per heavy atom. The molecule has 0 amide bonds. The van der Waals surface area contributed by atoms with E-state index in [4.69, 9.17) is 4.43 Å². The molecule has 0 saturated heterocycles. The first-order valence-corrected chi connectivity index (χ1v) is 10.1. The fraction of sp³-hybridized carbons (Fsp3) is 0.294. The first-order valence-electron chi connectivity index (χ1n) is 7.27. The first-order chi connectivity index (χ1) is 10.1. The molecule has 0 aliphatic carbocycles. The van der Waals surface area contributed by atoms with E-state index < -0.39 is 9.04 Å². The van der Waals surface area contributed by atoms with Crippen LogP contribution in [0.3, 0.4) is 0 Å². The highest BCUT2D eigenvalue weighted by molar-refractivity contribution is 6.49. The normalized spacial score (nSPS) is 12.8. The number of hydrogen-bond acceptors (Lipinski definition) is 3. The molecule has 0 fully saturated rings. The number of nitrogens with zero attached hydrogens (tertiary/aromatic N) is 2. The number of aliphatic imine (C=N–C) groups is 1. The Labute approximate surface area is 128 Å². The van der Waals surface area contributed by atoms with Crippen molar-refractivity contribution >= 4 is 15.3 Å². The van der Waals surface area contributed by atoms with Crippen molar-refractivity contribution < 1.29 is 4.43 Å². The molecule has 110 valence electrons. The minimum absolute atomic E-state index is 0.0528. The monoisotopic (exact) mass is 298 g/mol. The van der Waals surface area contributed by atoms with E-state index >= 15 is 0 Å². The maximum atomic E-state index is 5.98. The average molecular weight is 298 g/mol. The summed E-state index contributed by atoms with van der Waals surface area (Å²) in [5.74, 6) is 0.959. The summed E-state index contributed by atoms with van der Waals surface area (Å²) >= 11 is 0. The summed E-state index contributed by atoms with van der Waals surface area (Å²) in [7, 11) is -1.12. The summed E-state index contributed by atoms with van der Waals surface area (Å²) in [6.45, 7) is 8.44. The van der Waals surface area contributed by atoms with E-state index in [1.54, 1.807) is 0 Å². The quantitative estimate of drug-likeness (QED) is 0.619. The second kappa shape index (κ2) is 7.18. The lowest BCUT2D eigenvalue weighted by Crippen LogP contribution is -2.13. The largest absolute Gasteiger partial charge is 0.547 e. The highest BCUT2D eigenvalue weighted by Gasteiger charge is 2.10. The van der Waals surface area contributed by atoms with Gasteiger partial charge in [-0.3, -0.25) is 9.98 Å². The van der Waals surface area contributed by atoms with E-state index in [9.17, 15) is 0 Å². The van der Waals surface area contributed by atoms with Gasteiger partial charge < -0.3 is 4.43 Å². The maximum absolute atomic E-state index is 5.98. The summed E-state index contributed by atoms with van der Waals surface area (Å²) < 4.78 is 5.98. The summed E-state index contributed by atoms with van der Waals surface area (Å²) in [5, 5.41) is 0. The van der Waals surface area contributed by atoms with Crippen LogP contribution in [0.1, 0.15) is 29.8 Å². The van der Waals surface area contributed by atoms with Crippen LogP contribution in [0.5, 0.6) is 5.75 Å². The Morgan fingerprint density at radius 2 is 1.95 bits per heavy atom. The van der Waals surface area contributed by atoms with Gasteiger partial charge in [-0.15, -0.1) is 0 Å². The van der Waals surface area contributed by atoms with Gasteiger partial charge in [0, 0.05) is 18.0 Å². The number of benzene rings is 1. The van der Waals surface area contributed by atoms with Gasteiger partial charge in [0.1, 0.15) is 5.75 Å². The predicted molar refractivity (Wildman–Crippen MR) is 90.9 cm³/mol. The third kappa shape index (κ3) is 4.53. The summed E-state index contributed by atoms with van der Waals surface area (Å²) in [4.78, 5) is 8.95. The zero-order chi connectivity index (χ0) is 15.2. The molecule has 4 heteroatoms. The first kappa shape index (κ1) is 15.4. The van der Waals surface area contributed by atoms with Crippen molar-refractivity contribution in [2.45, 2.75) is 33.0 Å². The molecule has 3 nitrogen and oxygen atoms in total. The van der Waals surface area contributed by atoms with Gasteiger partial charge in [-0.2, -0.15) is 0 Å². The lowest BCUT2D eigenvalue weighted by atomic mass is 10.1. The molecule has 1 aromatic heterocycles. The molecular weight excluding hydrogens is 276 g/mol.